The van der Waals surface area contributed by atoms with E-state index >= 15 is 0 Å². The molecule has 1 aliphatic heterocycles. The highest BCUT2D eigenvalue weighted by molar-refractivity contribution is 5.96. The molecule has 4 aromatic rings. The average molecular weight is 553 g/mol. The van der Waals surface area contributed by atoms with Gasteiger partial charge in [-0.25, -0.2) is 9.97 Å². The Morgan fingerprint density at radius 3 is 2.63 bits per heavy atom. The van der Waals surface area contributed by atoms with E-state index in [9.17, 15) is 14.7 Å². The van der Waals surface area contributed by atoms with Gasteiger partial charge in [-0.05, 0) is 72.7 Å². The molecule has 0 bridgehead atoms. The zero-order valence-electron chi connectivity index (χ0n) is 23.8. The maximum Gasteiger partial charge on any atom is 0.253 e. The summed E-state index contributed by atoms with van der Waals surface area (Å²) in [4.78, 5) is 41.6. The Kier molecular flexibility index (Phi) is 7.09. The van der Waals surface area contributed by atoms with Crippen LogP contribution in [0.4, 0.5) is 0 Å². The fourth-order valence-corrected chi connectivity index (χ4v) is 5.71. The number of nitrogens with one attached hydrogen (secondary N) is 2. The fourth-order valence-electron chi connectivity index (χ4n) is 5.71. The third kappa shape index (κ3) is 5.47. The van der Waals surface area contributed by atoms with Crippen molar-refractivity contribution in [2.24, 2.45) is 0 Å². The SMILES string of the molecule is Cc1cc(-c2cnc3[nH]cc(-c4ccc(C(=O)N(C)C)cc4)c3n2)cc2c1CCN(CCC(=O)NC1(CO)CC1)C2. The first kappa shape index (κ1) is 27.1. The predicted octanol–water partition coefficient (Wildman–Crippen LogP) is 3.69. The van der Waals surface area contributed by atoms with Crippen LogP contribution in [0.3, 0.4) is 0 Å². The molecule has 0 saturated heterocycles. The van der Waals surface area contributed by atoms with Crippen LogP contribution in [0.1, 0.15) is 46.3 Å². The Hall–Kier alpha value is -4.08. The van der Waals surface area contributed by atoms with Crippen molar-refractivity contribution in [1.82, 2.24) is 30.1 Å². The molecule has 2 amide bonds. The summed E-state index contributed by atoms with van der Waals surface area (Å²) in [5.74, 6) is -0.0207. The van der Waals surface area contributed by atoms with E-state index in [0.717, 1.165) is 60.3 Å². The predicted molar refractivity (Wildman–Crippen MR) is 158 cm³/mol. The van der Waals surface area contributed by atoms with Gasteiger partial charge in [-0.15, -0.1) is 0 Å². The summed E-state index contributed by atoms with van der Waals surface area (Å²) in [6.07, 6.45) is 6.81. The van der Waals surface area contributed by atoms with E-state index in [1.54, 1.807) is 19.0 Å². The molecule has 2 aliphatic rings. The zero-order valence-corrected chi connectivity index (χ0v) is 23.8. The van der Waals surface area contributed by atoms with E-state index in [0.29, 0.717) is 24.2 Å². The molecule has 3 N–H and O–H groups in total. The van der Waals surface area contributed by atoms with Crippen LogP contribution in [0.2, 0.25) is 0 Å². The molecule has 212 valence electrons. The second-order valence-electron chi connectivity index (χ2n) is 11.6. The second kappa shape index (κ2) is 10.7. The molecule has 0 unspecified atom stereocenters. The summed E-state index contributed by atoms with van der Waals surface area (Å²) >= 11 is 0. The van der Waals surface area contributed by atoms with Crippen molar-refractivity contribution in [2.45, 2.75) is 44.7 Å². The van der Waals surface area contributed by atoms with Gasteiger partial charge in [-0.2, -0.15) is 0 Å². The lowest BCUT2D eigenvalue weighted by Crippen LogP contribution is -2.41. The van der Waals surface area contributed by atoms with Gasteiger partial charge in [0.25, 0.3) is 5.91 Å². The topological polar surface area (TPSA) is 114 Å². The van der Waals surface area contributed by atoms with Gasteiger partial charge in [0, 0.05) is 63.0 Å². The summed E-state index contributed by atoms with van der Waals surface area (Å²) in [5.41, 5.74) is 9.37. The molecule has 1 fully saturated rings. The van der Waals surface area contributed by atoms with Gasteiger partial charge < -0.3 is 20.3 Å². The number of aromatic amines is 1. The molecular weight excluding hydrogens is 516 g/mol. The summed E-state index contributed by atoms with van der Waals surface area (Å²) < 4.78 is 0. The minimum Gasteiger partial charge on any atom is -0.394 e. The van der Waals surface area contributed by atoms with E-state index < -0.39 is 0 Å². The Labute approximate surface area is 239 Å². The molecule has 2 aromatic carbocycles. The maximum absolute atomic E-state index is 12.4. The number of carbonyl (C=O) groups excluding carboxylic acids is 2. The van der Waals surface area contributed by atoms with Crippen molar-refractivity contribution in [3.63, 3.8) is 0 Å². The van der Waals surface area contributed by atoms with Crippen LogP contribution in [0.15, 0.2) is 48.8 Å². The molecule has 3 heterocycles. The van der Waals surface area contributed by atoms with Crippen molar-refractivity contribution in [3.05, 3.63) is 71.0 Å². The smallest absolute Gasteiger partial charge is 0.253 e. The number of aromatic nitrogens is 3. The molecular formula is C32H36N6O3. The van der Waals surface area contributed by atoms with Gasteiger partial charge >= 0.3 is 0 Å². The maximum atomic E-state index is 12.4. The Bertz CT molecular complexity index is 1620. The summed E-state index contributed by atoms with van der Waals surface area (Å²) in [5, 5.41) is 12.5. The Morgan fingerprint density at radius 2 is 1.93 bits per heavy atom. The molecule has 41 heavy (non-hydrogen) atoms. The molecule has 1 aliphatic carbocycles. The van der Waals surface area contributed by atoms with E-state index in [-0.39, 0.29) is 24.0 Å². The Balaban J connectivity index is 1.22. The van der Waals surface area contributed by atoms with Gasteiger partial charge in [0.2, 0.25) is 5.91 Å². The van der Waals surface area contributed by atoms with Crippen molar-refractivity contribution < 1.29 is 14.7 Å². The number of aliphatic hydroxyl groups is 1. The number of nitrogens with zero attached hydrogens (tertiary/aromatic N) is 4. The monoisotopic (exact) mass is 552 g/mol. The van der Waals surface area contributed by atoms with Gasteiger partial charge in [-0.3, -0.25) is 14.5 Å². The first-order chi connectivity index (χ1) is 19.7. The number of hydrogen-bond acceptors (Lipinski definition) is 6. The quantitative estimate of drug-likeness (QED) is 0.307. The minimum absolute atomic E-state index is 0.0112. The standard InChI is InChI=1S/C32H36N6O3/c1-20-14-23(15-24-18-38(12-8-25(20)24)13-9-28(40)36-32(19-39)10-11-32)27-17-34-30-29(35-27)26(16-33-30)21-4-6-22(7-5-21)31(41)37(2)3/h4-7,14-17,39H,8-13,18-19H2,1-3H3,(H,33,34)(H,36,40). The number of aryl methyl sites for hydroxylation is 1. The lowest BCUT2D eigenvalue weighted by Gasteiger charge is -2.30. The number of H-pyrrole nitrogens is 1. The number of amides is 2. The molecule has 1 saturated carbocycles. The van der Waals surface area contributed by atoms with Gasteiger partial charge in [0.05, 0.1) is 24.0 Å². The normalized spacial score (nSPS) is 15.9. The van der Waals surface area contributed by atoms with Crippen molar-refractivity contribution in [2.75, 3.05) is 33.8 Å². The fraction of sp³-hybridized carbons (Fsp3) is 0.375. The van der Waals surface area contributed by atoms with Crippen molar-refractivity contribution in [1.29, 1.82) is 0 Å². The van der Waals surface area contributed by atoms with Gasteiger partial charge in [0.15, 0.2) is 5.65 Å². The minimum atomic E-state index is -0.367. The van der Waals surface area contributed by atoms with E-state index in [1.165, 1.54) is 16.7 Å². The van der Waals surface area contributed by atoms with Crippen LogP contribution in [0, 0.1) is 6.92 Å². The lowest BCUT2D eigenvalue weighted by molar-refractivity contribution is -0.122. The number of carbonyl (C=O) groups is 2. The number of rotatable bonds is 8. The number of benzene rings is 2. The summed E-state index contributed by atoms with van der Waals surface area (Å²) in [7, 11) is 3.49. The molecule has 6 rings (SSSR count). The second-order valence-corrected chi connectivity index (χ2v) is 11.6. The number of hydrogen-bond donors (Lipinski definition) is 3. The van der Waals surface area contributed by atoms with Crippen molar-refractivity contribution >= 4 is 23.0 Å². The highest BCUT2D eigenvalue weighted by atomic mass is 16.3. The van der Waals surface area contributed by atoms with E-state index in [1.807, 2.05) is 36.7 Å². The molecule has 0 atom stereocenters. The summed E-state index contributed by atoms with van der Waals surface area (Å²) in [6.45, 7) is 4.56. The van der Waals surface area contributed by atoms with Crippen LogP contribution in [-0.2, 0) is 17.8 Å². The zero-order chi connectivity index (χ0) is 28.7. The van der Waals surface area contributed by atoms with Crippen LogP contribution in [-0.4, -0.2) is 81.0 Å². The highest BCUT2D eigenvalue weighted by Gasteiger charge is 2.43. The average Bonchev–Trinajstić information content (AvgIpc) is 3.63. The third-order valence-electron chi connectivity index (χ3n) is 8.38. The van der Waals surface area contributed by atoms with Crippen LogP contribution >= 0.6 is 0 Å². The van der Waals surface area contributed by atoms with Crippen molar-refractivity contribution in [3.8, 4) is 22.4 Å². The largest absolute Gasteiger partial charge is 0.394 e. The Morgan fingerprint density at radius 1 is 1.15 bits per heavy atom. The number of fused-ring (bicyclic) bond motifs is 2. The molecule has 2 aromatic heterocycles. The van der Waals surface area contributed by atoms with Crippen LogP contribution in [0.25, 0.3) is 33.5 Å². The molecule has 0 spiro atoms. The van der Waals surface area contributed by atoms with Gasteiger partial charge in [-0.1, -0.05) is 12.1 Å². The first-order valence-corrected chi connectivity index (χ1v) is 14.2. The van der Waals surface area contributed by atoms with E-state index in [2.05, 4.69) is 39.2 Å². The molecule has 9 nitrogen and oxygen atoms in total. The number of aliphatic hydroxyl groups excluding tert-OH is 1. The lowest BCUT2D eigenvalue weighted by atomic mass is 9.92. The highest BCUT2D eigenvalue weighted by Crippen LogP contribution is 2.35. The third-order valence-corrected chi connectivity index (χ3v) is 8.38. The van der Waals surface area contributed by atoms with Crippen LogP contribution < -0.4 is 5.32 Å². The van der Waals surface area contributed by atoms with Crippen LogP contribution in [0.5, 0.6) is 0 Å². The van der Waals surface area contributed by atoms with Gasteiger partial charge in [0.1, 0.15) is 5.52 Å². The summed E-state index contributed by atoms with van der Waals surface area (Å²) in [6, 6.07) is 12.0. The molecule has 0 radical (unpaired) electrons. The molecule has 9 heteroatoms. The van der Waals surface area contributed by atoms with E-state index in [4.69, 9.17) is 4.98 Å². The first-order valence-electron chi connectivity index (χ1n) is 14.2.